The molecule has 2 heterocycles. The highest BCUT2D eigenvalue weighted by Crippen LogP contribution is 2.28. The molecule has 0 spiro atoms. The zero-order valence-corrected chi connectivity index (χ0v) is 16.7. The Kier molecular flexibility index (Phi) is 7.12. The van der Waals surface area contributed by atoms with Gasteiger partial charge < -0.3 is 20.1 Å². The van der Waals surface area contributed by atoms with Gasteiger partial charge in [-0.3, -0.25) is 9.79 Å². The van der Waals surface area contributed by atoms with E-state index in [0.717, 1.165) is 25.5 Å². The summed E-state index contributed by atoms with van der Waals surface area (Å²) in [4.78, 5) is 23.0. The lowest BCUT2D eigenvalue weighted by Crippen LogP contribution is -2.50. The van der Waals surface area contributed by atoms with Crippen molar-refractivity contribution in [1.29, 1.82) is 0 Å². The van der Waals surface area contributed by atoms with Crippen LogP contribution in [-0.2, 0) is 4.79 Å². The van der Waals surface area contributed by atoms with Gasteiger partial charge in [0.2, 0.25) is 5.91 Å². The van der Waals surface area contributed by atoms with Gasteiger partial charge in [0.25, 0.3) is 0 Å². The first-order valence-corrected chi connectivity index (χ1v) is 10.4. The number of aliphatic imine (C=N–C) groups is 1. The maximum absolute atomic E-state index is 12.0. The lowest BCUT2D eigenvalue weighted by atomic mass is 9.93. The monoisotopic (exact) mass is 374 g/mol. The van der Waals surface area contributed by atoms with Crippen LogP contribution >= 0.6 is 0 Å². The Morgan fingerprint density at radius 1 is 1.22 bits per heavy atom. The minimum atomic E-state index is 0.186. The highest BCUT2D eigenvalue weighted by atomic mass is 16.1. The van der Waals surface area contributed by atoms with Crippen LogP contribution in [0.5, 0.6) is 0 Å². The predicted molar refractivity (Wildman–Crippen MR) is 108 cm³/mol. The van der Waals surface area contributed by atoms with Crippen LogP contribution < -0.4 is 10.6 Å². The van der Waals surface area contributed by atoms with Gasteiger partial charge in [-0.25, -0.2) is 4.98 Å². The molecule has 2 aliphatic rings. The Hall–Kier alpha value is -2.05. The molecular formula is C20H34N6O. The number of likely N-dealkylation sites (tertiary alicyclic amines) is 1. The van der Waals surface area contributed by atoms with E-state index in [1.165, 1.54) is 25.7 Å². The third-order valence-corrected chi connectivity index (χ3v) is 6.02. The van der Waals surface area contributed by atoms with Gasteiger partial charge >= 0.3 is 0 Å². The summed E-state index contributed by atoms with van der Waals surface area (Å²) in [6.45, 7) is 5.56. The molecule has 2 N–H and O–H groups in total. The van der Waals surface area contributed by atoms with E-state index in [4.69, 9.17) is 0 Å². The SMILES string of the molecule is CN=C(NCCNC(=O)CC1CCCC1)N1CCC(C)C(n2ccnc2)C1. The number of hydrogen-bond donors (Lipinski definition) is 2. The number of guanidine groups is 1. The molecule has 1 saturated heterocycles. The van der Waals surface area contributed by atoms with Crippen molar-refractivity contribution in [3.63, 3.8) is 0 Å². The van der Waals surface area contributed by atoms with Crippen LogP contribution in [0.2, 0.25) is 0 Å². The summed E-state index contributed by atoms with van der Waals surface area (Å²) in [6.07, 6.45) is 12.6. The number of aromatic nitrogens is 2. The van der Waals surface area contributed by atoms with Gasteiger partial charge in [-0.15, -0.1) is 0 Å². The lowest BCUT2D eigenvalue weighted by molar-refractivity contribution is -0.121. The second-order valence-electron chi connectivity index (χ2n) is 7.97. The van der Waals surface area contributed by atoms with Crippen LogP contribution in [-0.4, -0.2) is 59.5 Å². The largest absolute Gasteiger partial charge is 0.354 e. The Morgan fingerprint density at radius 3 is 2.70 bits per heavy atom. The van der Waals surface area contributed by atoms with Crippen LogP contribution in [0.4, 0.5) is 0 Å². The van der Waals surface area contributed by atoms with Crippen molar-refractivity contribution < 1.29 is 4.79 Å². The molecule has 1 aliphatic carbocycles. The van der Waals surface area contributed by atoms with Crippen LogP contribution in [0.25, 0.3) is 0 Å². The summed E-state index contributed by atoms with van der Waals surface area (Å²) in [6, 6.07) is 0.408. The van der Waals surface area contributed by atoms with Crippen LogP contribution in [0.3, 0.4) is 0 Å². The van der Waals surface area contributed by atoms with Crippen molar-refractivity contribution >= 4 is 11.9 Å². The Morgan fingerprint density at radius 2 is 2.00 bits per heavy atom. The number of amides is 1. The maximum Gasteiger partial charge on any atom is 0.220 e. The molecule has 1 saturated carbocycles. The molecule has 2 unspecified atom stereocenters. The molecule has 0 radical (unpaired) electrons. The van der Waals surface area contributed by atoms with E-state index in [0.29, 0.717) is 37.4 Å². The number of hydrogen-bond acceptors (Lipinski definition) is 3. The van der Waals surface area contributed by atoms with E-state index in [1.54, 1.807) is 0 Å². The molecule has 2 atom stereocenters. The molecule has 27 heavy (non-hydrogen) atoms. The van der Waals surface area contributed by atoms with Crippen molar-refractivity contribution in [2.24, 2.45) is 16.8 Å². The first-order valence-electron chi connectivity index (χ1n) is 10.4. The number of imidazole rings is 1. The number of carbonyl (C=O) groups excluding carboxylic acids is 1. The second kappa shape index (κ2) is 9.76. The molecule has 0 aromatic carbocycles. The third kappa shape index (κ3) is 5.47. The molecule has 7 nitrogen and oxygen atoms in total. The lowest BCUT2D eigenvalue weighted by Gasteiger charge is -2.39. The number of rotatable bonds is 6. The van der Waals surface area contributed by atoms with Gasteiger partial charge in [0.1, 0.15) is 0 Å². The maximum atomic E-state index is 12.0. The highest BCUT2D eigenvalue weighted by molar-refractivity contribution is 5.80. The van der Waals surface area contributed by atoms with Gasteiger partial charge in [-0.05, 0) is 31.1 Å². The highest BCUT2D eigenvalue weighted by Gasteiger charge is 2.28. The first kappa shape index (κ1) is 19.7. The van der Waals surface area contributed by atoms with E-state index in [1.807, 2.05) is 25.8 Å². The molecule has 2 fully saturated rings. The summed E-state index contributed by atoms with van der Waals surface area (Å²) >= 11 is 0. The van der Waals surface area contributed by atoms with Gasteiger partial charge in [0.15, 0.2) is 5.96 Å². The van der Waals surface area contributed by atoms with Crippen molar-refractivity contribution in [3.8, 4) is 0 Å². The summed E-state index contributed by atoms with van der Waals surface area (Å²) in [7, 11) is 1.82. The van der Waals surface area contributed by atoms with Crippen molar-refractivity contribution in [3.05, 3.63) is 18.7 Å². The van der Waals surface area contributed by atoms with Gasteiger partial charge in [-0.2, -0.15) is 0 Å². The zero-order valence-electron chi connectivity index (χ0n) is 16.7. The first-order chi connectivity index (χ1) is 13.2. The molecule has 1 aromatic rings. The normalized spacial score (nSPS) is 24.2. The predicted octanol–water partition coefficient (Wildman–Crippen LogP) is 2.04. The average molecular weight is 375 g/mol. The quantitative estimate of drug-likeness (QED) is 0.454. The van der Waals surface area contributed by atoms with Crippen LogP contribution in [0.15, 0.2) is 23.7 Å². The molecule has 150 valence electrons. The number of nitrogens with one attached hydrogen (secondary N) is 2. The van der Waals surface area contributed by atoms with Crippen LogP contribution in [0.1, 0.15) is 51.5 Å². The Balaban J connectivity index is 1.41. The number of carbonyl (C=O) groups is 1. The fourth-order valence-electron chi connectivity index (χ4n) is 4.35. The third-order valence-electron chi connectivity index (χ3n) is 6.02. The summed E-state index contributed by atoms with van der Waals surface area (Å²) in [5.41, 5.74) is 0. The number of piperidine rings is 1. The molecule has 3 rings (SSSR count). The van der Waals surface area contributed by atoms with Gasteiger partial charge in [0, 0.05) is 52.0 Å². The van der Waals surface area contributed by atoms with E-state index >= 15 is 0 Å². The average Bonchev–Trinajstić information content (AvgIpc) is 3.36. The van der Waals surface area contributed by atoms with Crippen LogP contribution in [0, 0.1) is 11.8 Å². The summed E-state index contributed by atoms with van der Waals surface area (Å²) in [5, 5.41) is 6.45. The molecule has 7 heteroatoms. The van der Waals surface area contributed by atoms with Crippen molar-refractivity contribution in [2.45, 2.75) is 51.5 Å². The van der Waals surface area contributed by atoms with E-state index in [9.17, 15) is 4.79 Å². The fraction of sp³-hybridized carbons (Fsp3) is 0.750. The summed E-state index contributed by atoms with van der Waals surface area (Å²) in [5.74, 6) is 2.31. The molecule has 1 aromatic heterocycles. The van der Waals surface area contributed by atoms with E-state index < -0.39 is 0 Å². The van der Waals surface area contributed by atoms with Crippen molar-refractivity contribution in [2.75, 3.05) is 33.2 Å². The van der Waals surface area contributed by atoms with Crippen molar-refractivity contribution in [1.82, 2.24) is 25.1 Å². The Bertz CT molecular complexity index is 608. The molecule has 0 bridgehead atoms. The fourth-order valence-corrected chi connectivity index (χ4v) is 4.35. The van der Waals surface area contributed by atoms with Gasteiger partial charge in [-0.1, -0.05) is 19.8 Å². The Labute approximate surface area is 162 Å². The zero-order chi connectivity index (χ0) is 19.1. The smallest absolute Gasteiger partial charge is 0.220 e. The minimum absolute atomic E-state index is 0.186. The number of nitrogens with zero attached hydrogens (tertiary/aromatic N) is 4. The van der Waals surface area contributed by atoms with E-state index in [2.05, 4.69) is 37.0 Å². The second-order valence-corrected chi connectivity index (χ2v) is 7.97. The molecule has 1 aliphatic heterocycles. The van der Waals surface area contributed by atoms with E-state index in [-0.39, 0.29) is 5.91 Å². The summed E-state index contributed by atoms with van der Waals surface area (Å²) < 4.78 is 2.20. The van der Waals surface area contributed by atoms with Gasteiger partial charge in [0.05, 0.1) is 12.4 Å². The minimum Gasteiger partial charge on any atom is -0.354 e. The molecular weight excluding hydrogens is 340 g/mol. The standard InChI is InChI=1S/C20H34N6O/c1-16-7-11-25(14-18(16)26-12-10-22-15-26)20(21-2)24-9-8-23-19(27)13-17-5-3-4-6-17/h10,12,15-18H,3-9,11,13-14H2,1-2H3,(H,21,24)(H,23,27). The topological polar surface area (TPSA) is 74.6 Å². The molecule has 1 amide bonds.